The monoisotopic (exact) mass is 488 g/mol. The Labute approximate surface area is 187 Å². The molecule has 0 aliphatic carbocycles. The van der Waals surface area contributed by atoms with Crippen LogP contribution >= 0.6 is 27.3 Å². The standard InChI is InChI=1S/C22H21BrN2O4S/c1-14-24-18(13-30-14)12-29-19-8-4-6-16(10-19)22(27)25-20(11-21(26)28-2)15-5-3-7-17(23)9-15/h3-10,13,20H,11-12H2,1-2H3,(H,25,27). The van der Waals surface area contributed by atoms with Gasteiger partial charge < -0.3 is 14.8 Å². The molecule has 1 atom stereocenters. The molecule has 1 unspecified atom stereocenters. The molecule has 0 saturated carbocycles. The molecule has 0 radical (unpaired) electrons. The Bertz CT molecular complexity index is 1040. The third-order valence-electron chi connectivity index (χ3n) is 4.30. The van der Waals surface area contributed by atoms with E-state index in [2.05, 4.69) is 26.2 Å². The molecule has 1 N–H and O–H groups in total. The average molecular weight is 489 g/mol. The maximum absolute atomic E-state index is 12.9. The van der Waals surface area contributed by atoms with Gasteiger partial charge >= 0.3 is 5.97 Å². The molecular weight excluding hydrogens is 468 g/mol. The fraction of sp³-hybridized carbons (Fsp3) is 0.227. The van der Waals surface area contributed by atoms with Gasteiger partial charge in [0.1, 0.15) is 12.4 Å². The summed E-state index contributed by atoms with van der Waals surface area (Å²) < 4.78 is 11.4. The predicted octanol–water partition coefficient (Wildman–Crippen LogP) is 4.83. The average Bonchev–Trinajstić information content (AvgIpc) is 3.17. The van der Waals surface area contributed by atoms with Crippen LogP contribution in [0.4, 0.5) is 0 Å². The van der Waals surface area contributed by atoms with E-state index in [0.717, 1.165) is 20.7 Å². The van der Waals surface area contributed by atoms with Gasteiger partial charge in [0, 0.05) is 15.4 Å². The van der Waals surface area contributed by atoms with Gasteiger partial charge in [0.25, 0.3) is 5.91 Å². The number of benzene rings is 2. The third kappa shape index (κ3) is 6.14. The van der Waals surface area contributed by atoms with E-state index < -0.39 is 12.0 Å². The number of aromatic nitrogens is 1. The van der Waals surface area contributed by atoms with Crippen molar-refractivity contribution in [2.45, 2.75) is 26.0 Å². The van der Waals surface area contributed by atoms with Crippen LogP contribution in [0, 0.1) is 6.92 Å². The lowest BCUT2D eigenvalue weighted by Crippen LogP contribution is -2.30. The van der Waals surface area contributed by atoms with Crippen LogP contribution in [0.1, 0.15) is 39.1 Å². The molecule has 2 aromatic carbocycles. The van der Waals surface area contributed by atoms with E-state index in [4.69, 9.17) is 9.47 Å². The lowest BCUT2D eigenvalue weighted by atomic mass is 10.0. The lowest BCUT2D eigenvalue weighted by Gasteiger charge is -2.19. The molecule has 30 heavy (non-hydrogen) atoms. The van der Waals surface area contributed by atoms with Crippen molar-refractivity contribution in [2.24, 2.45) is 0 Å². The molecule has 0 aliphatic heterocycles. The molecule has 3 rings (SSSR count). The summed E-state index contributed by atoms with van der Waals surface area (Å²) in [5.41, 5.74) is 2.08. The van der Waals surface area contributed by atoms with Gasteiger partial charge in [-0.1, -0.05) is 34.1 Å². The molecular formula is C22H21BrN2O4S. The second-order valence-electron chi connectivity index (χ2n) is 6.54. The molecule has 156 valence electrons. The highest BCUT2D eigenvalue weighted by Gasteiger charge is 2.20. The van der Waals surface area contributed by atoms with Crippen LogP contribution < -0.4 is 10.1 Å². The number of hydrogen-bond acceptors (Lipinski definition) is 6. The Morgan fingerprint density at radius 1 is 1.20 bits per heavy atom. The summed E-state index contributed by atoms with van der Waals surface area (Å²) in [6.07, 6.45) is 0.0259. The summed E-state index contributed by atoms with van der Waals surface area (Å²) in [6.45, 7) is 2.27. The minimum absolute atomic E-state index is 0.0259. The maximum Gasteiger partial charge on any atom is 0.307 e. The molecule has 8 heteroatoms. The number of thiazole rings is 1. The second kappa shape index (κ2) is 10.4. The van der Waals surface area contributed by atoms with Crippen LogP contribution in [-0.2, 0) is 16.1 Å². The largest absolute Gasteiger partial charge is 0.487 e. The van der Waals surface area contributed by atoms with Gasteiger partial charge in [0.2, 0.25) is 0 Å². The summed E-state index contributed by atoms with van der Waals surface area (Å²) in [5.74, 6) is -0.143. The van der Waals surface area contributed by atoms with Crippen LogP contribution in [0.3, 0.4) is 0 Å². The number of amides is 1. The number of methoxy groups -OCH3 is 1. The summed E-state index contributed by atoms with van der Waals surface area (Å²) in [4.78, 5) is 29.1. The topological polar surface area (TPSA) is 77.5 Å². The van der Waals surface area contributed by atoms with E-state index in [1.165, 1.54) is 7.11 Å². The second-order valence-corrected chi connectivity index (χ2v) is 8.51. The first-order valence-corrected chi connectivity index (χ1v) is 10.9. The number of carbonyl (C=O) groups is 2. The van der Waals surface area contributed by atoms with Crippen LogP contribution in [0.15, 0.2) is 58.4 Å². The Morgan fingerprint density at radius 2 is 2.00 bits per heavy atom. The number of esters is 1. The van der Waals surface area contributed by atoms with E-state index in [9.17, 15) is 9.59 Å². The minimum Gasteiger partial charge on any atom is -0.487 e. The number of nitrogens with zero attached hydrogens (tertiary/aromatic N) is 1. The fourth-order valence-corrected chi connectivity index (χ4v) is 3.84. The number of hydrogen-bond donors (Lipinski definition) is 1. The third-order valence-corrected chi connectivity index (χ3v) is 5.62. The van der Waals surface area contributed by atoms with E-state index >= 15 is 0 Å². The van der Waals surface area contributed by atoms with E-state index in [-0.39, 0.29) is 12.3 Å². The van der Waals surface area contributed by atoms with Crippen molar-refractivity contribution >= 4 is 39.1 Å². The smallest absolute Gasteiger partial charge is 0.307 e. The van der Waals surface area contributed by atoms with Gasteiger partial charge in [-0.3, -0.25) is 9.59 Å². The van der Waals surface area contributed by atoms with Crippen molar-refractivity contribution in [2.75, 3.05) is 7.11 Å². The molecule has 0 spiro atoms. The predicted molar refractivity (Wildman–Crippen MR) is 119 cm³/mol. The molecule has 0 fully saturated rings. The number of halogens is 1. The van der Waals surface area contributed by atoms with Crippen molar-refractivity contribution in [1.82, 2.24) is 10.3 Å². The number of aryl methyl sites for hydroxylation is 1. The highest BCUT2D eigenvalue weighted by molar-refractivity contribution is 9.10. The number of ether oxygens (including phenoxy) is 2. The molecule has 1 heterocycles. The Balaban J connectivity index is 1.72. The summed E-state index contributed by atoms with van der Waals surface area (Å²) in [6, 6.07) is 13.8. The SMILES string of the molecule is COC(=O)CC(NC(=O)c1cccc(OCc2csc(C)n2)c1)c1cccc(Br)c1. The van der Waals surface area contributed by atoms with Gasteiger partial charge in [-0.25, -0.2) is 4.98 Å². The van der Waals surface area contributed by atoms with Crippen molar-refractivity contribution in [3.05, 3.63) is 80.2 Å². The molecule has 0 bridgehead atoms. The first-order valence-electron chi connectivity index (χ1n) is 9.21. The Hall–Kier alpha value is -2.71. The van der Waals surface area contributed by atoms with E-state index in [1.54, 1.807) is 35.6 Å². The minimum atomic E-state index is -0.523. The zero-order chi connectivity index (χ0) is 21.5. The normalized spacial score (nSPS) is 11.6. The molecule has 6 nitrogen and oxygen atoms in total. The lowest BCUT2D eigenvalue weighted by molar-refractivity contribution is -0.141. The Kier molecular flexibility index (Phi) is 7.59. The summed E-state index contributed by atoms with van der Waals surface area (Å²) in [5, 5.41) is 5.84. The van der Waals surface area contributed by atoms with Crippen molar-refractivity contribution in [1.29, 1.82) is 0 Å². The number of carbonyl (C=O) groups excluding carboxylic acids is 2. The summed E-state index contributed by atoms with van der Waals surface area (Å²) in [7, 11) is 1.33. The van der Waals surface area contributed by atoms with Crippen molar-refractivity contribution in [3.63, 3.8) is 0 Å². The van der Waals surface area contributed by atoms with Gasteiger partial charge in [-0.2, -0.15) is 0 Å². The van der Waals surface area contributed by atoms with Gasteiger partial charge in [-0.15, -0.1) is 11.3 Å². The zero-order valence-electron chi connectivity index (χ0n) is 16.6. The first kappa shape index (κ1) is 22.0. The molecule has 1 aromatic heterocycles. The fourth-order valence-electron chi connectivity index (χ4n) is 2.83. The molecule has 0 saturated heterocycles. The van der Waals surface area contributed by atoms with Gasteiger partial charge in [0.15, 0.2) is 0 Å². The first-order chi connectivity index (χ1) is 14.4. The van der Waals surface area contributed by atoms with Gasteiger partial charge in [0.05, 0.1) is 30.3 Å². The highest BCUT2D eigenvalue weighted by Crippen LogP contribution is 2.23. The van der Waals surface area contributed by atoms with Crippen LogP contribution in [0.2, 0.25) is 0 Å². The van der Waals surface area contributed by atoms with Crippen LogP contribution in [0.25, 0.3) is 0 Å². The Morgan fingerprint density at radius 3 is 2.70 bits per heavy atom. The summed E-state index contributed by atoms with van der Waals surface area (Å²) >= 11 is 4.99. The number of rotatable bonds is 8. The quantitative estimate of drug-likeness (QED) is 0.459. The van der Waals surface area contributed by atoms with E-state index in [0.29, 0.717) is 17.9 Å². The van der Waals surface area contributed by atoms with Gasteiger partial charge in [-0.05, 0) is 42.8 Å². The van der Waals surface area contributed by atoms with Crippen molar-refractivity contribution < 1.29 is 19.1 Å². The molecule has 0 aliphatic rings. The number of nitrogens with one attached hydrogen (secondary N) is 1. The molecule has 3 aromatic rings. The zero-order valence-corrected chi connectivity index (χ0v) is 19.0. The van der Waals surface area contributed by atoms with Crippen LogP contribution in [0.5, 0.6) is 5.75 Å². The van der Waals surface area contributed by atoms with Crippen molar-refractivity contribution in [3.8, 4) is 5.75 Å². The van der Waals surface area contributed by atoms with Crippen LogP contribution in [-0.4, -0.2) is 24.0 Å². The highest BCUT2D eigenvalue weighted by atomic mass is 79.9. The maximum atomic E-state index is 12.9. The van der Waals surface area contributed by atoms with E-state index in [1.807, 2.05) is 36.6 Å². The molecule has 1 amide bonds.